The zero-order chi connectivity index (χ0) is 14.1. The summed E-state index contributed by atoms with van der Waals surface area (Å²) in [5.74, 6) is 2.57. The molecule has 0 atom stereocenters. The molecule has 0 amide bonds. The lowest BCUT2D eigenvalue weighted by atomic mass is 10.2. The molecule has 108 valence electrons. The van der Waals surface area contributed by atoms with Crippen molar-refractivity contribution in [1.29, 1.82) is 0 Å². The van der Waals surface area contributed by atoms with Gasteiger partial charge in [0.25, 0.3) is 0 Å². The van der Waals surface area contributed by atoms with Crippen molar-refractivity contribution in [3.63, 3.8) is 0 Å². The SMILES string of the molecule is ClCCc1nc2cc(Cl)c(Cl)cc2n1CCCC1CC1. The van der Waals surface area contributed by atoms with Crippen LogP contribution in [0, 0.1) is 5.92 Å². The Balaban J connectivity index is 1.91. The van der Waals surface area contributed by atoms with Crippen LogP contribution in [0.15, 0.2) is 12.1 Å². The Labute approximate surface area is 134 Å². The number of aromatic nitrogens is 2. The number of aryl methyl sites for hydroxylation is 2. The van der Waals surface area contributed by atoms with E-state index in [4.69, 9.17) is 34.8 Å². The number of benzene rings is 1. The summed E-state index contributed by atoms with van der Waals surface area (Å²) in [4.78, 5) is 4.65. The minimum absolute atomic E-state index is 0.555. The first-order valence-electron chi connectivity index (χ1n) is 7.09. The van der Waals surface area contributed by atoms with Gasteiger partial charge >= 0.3 is 0 Å². The van der Waals surface area contributed by atoms with E-state index in [0.717, 1.165) is 35.7 Å². The number of hydrogen-bond acceptors (Lipinski definition) is 1. The lowest BCUT2D eigenvalue weighted by molar-refractivity contribution is 0.571. The van der Waals surface area contributed by atoms with Gasteiger partial charge in [-0.2, -0.15) is 0 Å². The first-order chi connectivity index (χ1) is 9.69. The summed E-state index contributed by atoms with van der Waals surface area (Å²) in [5.41, 5.74) is 1.97. The second-order valence-corrected chi connectivity index (χ2v) is 6.65. The van der Waals surface area contributed by atoms with Crippen LogP contribution in [-0.4, -0.2) is 15.4 Å². The molecule has 0 unspecified atom stereocenters. The molecule has 0 radical (unpaired) electrons. The molecule has 1 fully saturated rings. The molecule has 0 aliphatic heterocycles. The van der Waals surface area contributed by atoms with E-state index < -0.39 is 0 Å². The fourth-order valence-corrected chi connectivity index (χ4v) is 3.12. The Morgan fingerprint density at radius 2 is 1.95 bits per heavy atom. The monoisotopic (exact) mass is 330 g/mol. The molecule has 1 saturated carbocycles. The fourth-order valence-electron chi connectivity index (χ4n) is 2.64. The maximum absolute atomic E-state index is 6.14. The van der Waals surface area contributed by atoms with Crippen molar-refractivity contribution < 1.29 is 0 Å². The van der Waals surface area contributed by atoms with Crippen molar-refractivity contribution in [1.82, 2.24) is 9.55 Å². The minimum atomic E-state index is 0.555. The Morgan fingerprint density at radius 3 is 2.65 bits per heavy atom. The normalized spacial score (nSPS) is 15.2. The highest BCUT2D eigenvalue weighted by atomic mass is 35.5. The van der Waals surface area contributed by atoms with Crippen LogP contribution in [0.1, 0.15) is 31.5 Å². The van der Waals surface area contributed by atoms with Crippen LogP contribution in [0.3, 0.4) is 0 Å². The lowest BCUT2D eigenvalue weighted by Crippen LogP contribution is -2.05. The maximum Gasteiger partial charge on any atom is 0.111 e. The molecule has 1 heterocycles. The summed E-state index contributed by atoms with van der Waals surface area (Å²) >= 11 is 18.1. The Kier molecular flexibility index (Phi) is 4.44. The van der Waals surface area contributed by atoms with Gasteiger partial charge in [-0.05, 0) is 30.9 Å². The van der Waals surface area contributed by atoms with Crippen LogP contribution in [0.5, 0.6) is 0 Å². The fraction of sp³-hybridized carbons (Fsp3) is 0.533. The van der Waals surface area contributed by atoms with Gasteiger partial charge in [0.15, 0.2) is 0 Å². The molecule has 1 aliphatic carbocycles. The molecule has 2 nitrogen and oxygen atoms in total. The summed E-state index contributed by atoms with van der Waals surface area (Å²) in [5, 5.41) is 1.14. The highest BCUT2D eigenvalue weighted by molar-refractivity contribution is 6.42. The van der Waals surface area contributed by atoms with Gasteiger partial charge in [0, 0.05) is 18.8 Å². The molecule has 2 aromatic rings. The van der Waals surface area contributed by atoms with Crippen LogP contribution in [0.2, 0.25) is 10.0 Å². The molecule has 5 heteroatoms. The summed E-state index contributed by atoms with van der Waals surface area (Å²) in [6.45, 7) is 0.983. The summed E-state index contributed by atoms with van der Waals surface area (Å²) in [7, 11) is 0. The number of halogens is 3. The predicted molar refractivity (Wildman–Crippen MR) is 86.1 cm³/mol. The van der Waals surface area contributed by atoms with Crippen molar-refractivity contribution in [2.75, 3.05) is 5.88 Å². The van der Waals surface area contributed by atoms with Crippen molar-refractivity contribution in [3.05, 3.63) is 28.0 Å². The maximum atomic E-state index is 6.14. The Bertz CT molecular complexity index is 617. The molecule has 3 rings (SSSR count). The summed E-state index contributed by atoms with van der Waals surface area (Å²) in [6.07, 6.45) is 6.07. The van der Waals surface area contributed by atoms with E-state index in [-0.39, 0.29) is 0 Å². The van der Waals surface area contributed by atoms with Gasteiger partial charge < -0.3 is 4.57 Å². The number of fused-ring (bicyclic) bond motifs is 1. The second kappa shape index (κ2) is 6.13. The third kappa shape index (κ3) is 3.08. The van der Waals surface area contributed by atoms with E-state index in [1.54, 1.807) is 0 Å². The van der Waals surface area contributed by atoms with Gasteiger partial charge in [0.2, 0.25) is 0 Å². The molecule has 1 aromatic carbocycles. The van der Waals surface area contributed by atoms with E-state index in [9.17, 15) is 0 Å². The topological polar surface area (TPSA) is 17.8 Å². The van der Waals surface area contributed by atoms with Crippen molar-refractivity contribution in [2.24, 2.45) is 5.92 Å². The van der Waals surface area contributed by atoms with Crippen LogP contribution in [0.25, 0.3) is 11.0 Å². The van der Waals surface area contributed by atoms with E-state index in [2.05, 4.69) is 9.55 Å². The number of hydrogen-bond donors (Lipinski definition) is 0. The molecule has 1 aromatic heterocycles. The molecule has 0 saturated heterocycles. The number of alkyl halides is 1. The van der Waals surface area contributed by atoms with Crippen LogP contribution in [0.4, 0.5) is 0 Å². The molecular weight excluding hydrogens is 315 g/mol. The van der Waals surface area contributed by atoms with Gasteiger partial charge in [-0.15, -0.1) is 11.6 Å². The average molecular weight is 332 g/mol. The minimum Gasteiger partial charge on any atom is -0.328 e. The highest BCUT2D eigenvalue weighted by Crippen LogP contribution is 2.34. The molecule has 1 aliphatic rings. The summed E-state index contributed by atoms with van der Waals surface area (Å²) in [6, 6.07) is 3.76. The smallest absolute Gasteiger partial charge is 0.111 e. The van der Waals surface area contributed by atoms with Gasteiger partial charge in [0.05, 0.1) is 21.1 Å². The number of nitrogens with zero attached hydrogens (tertiary/aromatic N) is 2. The van der Waals surface area contributed by atoms with Gasteiger partial charge in [-0.1, -0.05) is 36.0 Å². The number of imidazole rings is 1. The lowest BCUT2D eigenvalue weighted by Gasteiger charge is -2.08. The van der Waals surface area contributed by atoms with Crippen molar-refractivity contribution in [2.45, 2.75) is 38.6 Å². The third-order valence-corrected chi connectivity index (χ3v) is 4.79. The standard InChI is InChI=1S/C15H17Cl3N2/c16-6-5-15-19-13-8-11(17)12(18)9-14(13)20(15)7-1-2-10-3-4-10/h8-10H,1-7H2. The van der Waals surface area contributed by atoms with Crippen LogP contribution < -0.4 is 0 Å². The first kappa shape index (κ1) is 14.5. The van der Waals surface area contributed by atoms with Gasteiger partial charge in [-0.3, -0.25) is 0 Å². The predicted octanol–water partition coefficient (Wildman–Crippen LogP) is 5.31. The van der Waals surface area contributed by atoms with Crippen LogP contribution >= 0.6 is 34.8 Å². The largest absolute Gasteiger partial charge is 0.328 e. The zero-order valence-electron chi connectivity index (χ0n) is 11.2. The van der Waals surface area contributed by atoms with E-state index >= 15 is 0 Å². The quantitative estimate of drug-likeness (QED) is 0.655. The Hall–Kier alpha value is -0.440. The van der Waals surface area contributed by atoms with Crippen molar-refractivity contribution >= 4 is 45.8 Å². The van der Waals surface area contributed by atoms with E-state index in [1.165, 1.54) is 25.7 Å². The average Bonchev–Trinajstić information content (AvgIpc) is 3.18. The summed E-state index contributed by atoms with van der Waals surface area (Å²) < 4.78 is 2.25. The van der Waals surface area contributed by atoms with Crippen molar-refractivity contribution in [3.8, 4) is 0 Å². The third-order valence-electron chi connectivity index (χ3n) is 3.88. The van der Waals surface area contributed by atoms with Gasteiger partial charge in [-0.25, -0.2) is 4.98 Å². The molecule has 0 N–H and O–H groups in total. The van der Waals surface area contributed by atoms with E-state index in [1.807, 2.05) is 12.1 Å². The molecule has 20 heavy (non-hydrogen) atoms. The molecule has 0 bridgehead atoms. The zero-order valence-corrected chi connectivity index (χ0v) is 13.5. The highest BCUT2D eigenvalue weighted by Gasteiger charge is 2.21. The first-order valence-corrected chi connectivity index (χ1v) is 8.38. The Morgan fingerprint density at radius 1 is 1.20 bits per heavy atom. The number of rotatable bonds is 6. The van der Waals surface area contributed by atoms with Crippen LogP contribution in [-0.2, 0) is 13.0 Å². The second-order valence-electron chi connectivity index (χ2n) is 5.46. The molecular formula is C15H17Cl3N2. The molecule has 0 spiro atoms. The van der Waals surface area contributed by atoms with E-state index in [0.29, 0.717) is 15.9 Å². The van der Waals surface area contributed by atoms with Gasteiger partial charge in [0.1, 0.15) is 5.82 Å².